The number of benzene rings is 1. The van der Waals surface area contributed by atoms with Crippen molar-refractivity contribution in [1.29, 1.82) is 0 Å². The maximum Gasteiger partial charge on any atom is 0.387 e. The molecule has 0 aliphatic heterocycles. The SMILES string of the molecule is CCNC(=NCc1cc(OC)ccc1OC(F)F)NCCSC. The minimum atomic E-state index is -2.88. The van der Waals surface area contributed by atoms with Crippen molar-refractivity contribution >= 4 is 17.7 Å². The summed E-state index contributed by atoms with van der Waals surface area (Å²) in [4.78, 5) is 4.40. The van der Waals surface area contributed by atoms with Gasteiger partial charge in [0.05, 0.1) is 13.7 Å². The van der Waals surface area contributed by atoms with Gasteiger partial charge in [0.15, 0.2) is 5.96 Å². The molecule has 1 aromatic carbocycles. The van der Waals surface area contributed by atoms with E-state index in [1.54, 1.807) is 23.9 Å². The van der Waals surface area contributed by atoms with Crippen LogP contribution in [-0.2, 0) is 6.54 Å². The van der Waals surface area contributed by atoms with Crippen molar-refractivity contribution in [1.82, 2.24) is 10.6 Å². The molecule has 130 valence electrons. The van der Waals surface area contributed by atoms with E-state index < -0.39 is 6.61 Å². The topological polar surface area (TPSA) is 54.9 Å². The Bertz CT molecular complexity index is 502. The second kappa shape index (κ2) is 10.9. The first-order valence-electron chi connectivity index (χ1n) is 7.23. The van der Waals surface area contributed by atoms with Gasteiger partial charge in [-0.1, -0.05) is 0 Å². The van der Waals surface area contributed by atoms with Gasteiger partial charge in [0.2, 0.25) is 0 Å². The van der Waals surface area contributed by atoms with E-state index in [1.165, 1.54) is 13.2 Å². The Balaban J connectivity index is 2.87. The quantitative estimate of drug-likeness (QED) is 0.409. The molecule has 0 fully saturated rings. The fourth-order valence-corrected chi connectivity index (χ4v) is 2.10. The zero-order chi connectivity index (χ0) is 17.1. The number of halogens is 2. The van der Waals surface area contributed by atoms with E-state index in [0.717, 1.165) is 12.3 Å². The summed E-state index contributed by atoms with van der Waals surface area (Å²) in [5.41, 5.74) is 0.534. The van der Waals surface area contributed by atoms with Gasteiger partial charge in [-0.3, -0.25) is 0 Å². The lowest BCUT2D eigenvalue weighted by Crippen LogP contribution is -2.38. The molecule has 0 aliphatic carbocycles. The maximum absolute atomic E-state index is 12.5. The predicted octanol–water partition coefficient (Wildman–Crippen LogP) is 2.71. The molecule has 0 aliphatic rings. The van der Waals surface area contributed by atoms with Gasteiger partial charge in [-0.15, -0.1) is 0 Å². The van der Waals surface area contributed by atoms with Gasteiger partial charge in [-0.2, -0.15) is 20.5 Å². The fraction of sp³-hybridized carbons (Fsp3) is 0.533. The number of hydrogen-bond donors (Lipinski definition) is 2. The number of methoxy groups -OCH3 is 1. The van der Waals surface area contributed by atoms with Crippen LogP contribution >= 0.6 is 11.8 Å². The predicted molar refractivity (Wildman–Crippen MR) is 90.8 cm³/mol. The van der Waals surface area contributed by atoms with Crippen molar-refractivity contribution in [3.05, 3.63) is 23.8 Å². The molecule has 0 radical (unpaired) electrons. The molecule has 1 aromatic rings. The summed E-state index contributed by atoms with van der Waals surface area (Å²) in [5.74, 6) is 2.25. The molecule has 1 rings (SSSR count). The number of nitrogens with one attached hydrogen (secondary N) is 2. The summed E-state index contributed by atoms with van der Waals surface area (Å²) < 4.78 is 34.6. The Morgan fingerprint density at radius 3 is 2.74 bits per heavy atom. The van der Waals surface area contributed by atoms with Crippen LogP contribution in [0.15, 0.2) is 23.2 Å². The van der Waals surface area contributed by atoms with Gasteiger partial charge < -0.3 is 20.1 Å². The number of guanidine groups is 1. The minimum Gasteiger partial charge on any atom is -0.497 e. The molecular weight excluding hydrogens is 324 g/mol. The highest BCUT2D eigenvalue weighted by molar-refractivity contribution is 7.98. The van der Waals surface area contributed by atoms with Crippen LogP contribution in [0.2, 0.25) is 0 Å². The van der Waals surface area contributed by atoms with E-state index in [9.17, 15) is 8.78 Å². The van der Waals surface area contributed by atoms with E-state index in [-0.39, 0.29) is 12.3 Å². The molecule has 0 aromatic heterocycles. The third-order valence-corrected chi connectivity index (χ3v) is 3.45. The van der Waals surface area contributed by atoms with Crippen molar-refractivity contribution in [3.8, 4) is 11.5 Å². The van der Waals surface area contributed by atoms with Crippen molar-refractivity contribution < 1.29 is 18.3 Å². The standard InChI is InChI=1S/C15H23F2N3O2S/c1-4-18-15(19-7-8-23-3)20-10-11-9-12(21-2)5-6-13(11)22-14(16)17/h5-6,9,14H,4,7-8,10H2,1-3H3,(H2,18,19,20). The van der Waals surface area contributed by atoms with E-state index in [4.69, 9.17) is 4.74 Å². The fourth-order valence-electron chi connectivity index (χ4n) is 1.79. The van der Waals surface area contributed by atoms with E-state index in [0.29, 0.717) is 23.8 Å². The highest BCUT2D eigenvalue weighted by Gasteiger charge is 2.11. The van der Waals surface area contributed by atoms with Crippen molar-refractivity contribution in [2.24, 2.45) is 4.99 Å². The lowest BCUT2D eigenvalue weighted by molar-refractivity contribution is -0.0504. The second-order valence-electron chi connectivity index (χ2n) is 4.47. The molecule has 23 heavy (non-hydrogen) atoms. The Morgan fingerprint density at radius 2 is 2.13 bits per heavy atom. The summed E-state index contributed by atoms with van der Waals surface area (Å²) in [5, 5.41) is 6.29. The first-order chi connectivity index (χ1) is 11.1. The highest BCUT2D eigenvalue weighted by Crippen LogP contribution is 2.26. The minimum absolute atomic E-state index is 0.101. The van der Waals surface area contributed by atoms with Crippen LogP contribution in [0.4, 0.5) is 8.78 Å². The van der Waals surface area contributed by atoms with E-state index >= 15 is 0 Å². The third-order valence-electron chi connectivity index (χ3n) is 2.83. The van der Waals surface area contributed by atoms with Crippen LogP contribution in [0.1, 0.15) is 12.5 Å². The van der Waals surface area contributed by atoms with E-state index in [1.807, 2.05) is 13.2 Å². The molecule has 0 bridgehead atoms. The van der Waals surface area contributed by atoms with Gasteiger partial charge in [0, 0.05) is 24.4 Å². The summed E-state index contributed by atoms with van der Waals surface area (Å²) in [6.07, 6.45) is 2.02. The molecule has 0 unspecified atom stereocenters. The number of thioether (sulfide) groups is 1. The Labute approximate surface area is 139 Å². The van der Waals surface area contributed by atoms with Gasteiger partial charge in [-0.25, -0.2) is 4.99 Å². The molecule has 0 atom stereocenters. The largest absolute Gasteiger partial charge is 0.497 e. The molecule has 0 saturated carbocycles. The Kier molecular flexibility index (Phi) is 9.20. The van der Waals surface area contributed by atoms with Crippen molar-refractivity contribution in [2.45, 2.75) is 20.1 Å². The molecule has 8 heteroatoms. The molecular formula is C15H23F2N3O2S. The Morgan fingerprint density at radius 1 is 1.35 bits per heavy atom. The third kappa shape index (κ3) is 7.40. The summed E-state index contributed by atoms with van der Waals surface area (Å²) in [6.45, 7) is 0.769. The summed E-state index contributed by atoms with van der Waals surface area (Å²) in [7, 11) is 1.52. The van der Waals surface area contributed by atoms with Gasteiger partial charge in [-0.05, 0) is 31.4 Å². The molecule has 5 nitrogen and oxygen atoms in total. The van der Waals surface area contributed by atoms with Gasteiger partial charge in [0.25, 0.3) is 0 Å². The first-order valence-corrected chi connectivity index (χ1v) is 8.63. The monoisotopic (exact) mass is 347 g/mol. The molecule has 0 amide bonds. The number of ether oxygens (including phenoxy) is 2. The van der Waals surface area contributed by atoms with Crippen LogP contribution in [0.5, 0.6) is 11.5 Å². The molecule has 0 heterocycles. The zero-order valence-corrected chi connectivity index (χ0v) is 14.4. The number of hydrogen-bond acceptors (Lipinski definition) is 4. The molecule has 0 spiro atoms. The van der Waals surface area contributed by atoms with Crippen LogP contribution in [0, 0.1) is 0 Å². The Hall–Kier alpha value is -1.70. The van der Waals surface area contributed by atoms with Crippen molar-refractivity contribution in [3.63, 3.8) is 0 Å². The number of alkyl halides is 2. The molecule has 2 N–H and O–H groups in total. The summed E-state index contributed by atoms with van der Waals surface area (Å²) in [6, 6.07) is 4.68. The lowest BCUT2D eigenvalue weighted by atomic mass is 10.2. The lowest BCUT2D eigenvalue weighted by Gasteiger charge is -2.13. The van der Waals surface area contributed by atoms with Gasteiger partial charge in [0.1, 0.15) is 11.5 Å². The molecule has 0 saturated heterocycles. The average molecular weight is 347 g/mol. The van der Waals surface area contributed by atoms with Crippen LogP contribution in [0.3, 0.4) is 0 Å². The van der Waals surface area contributed by atoms with Gasteiger partial charge >= 0.3 is 6.61 Å². The smallest absolute Gasteiger partial charge is 0.387 e. The number of aliphatic imine (C=N–C) groups is 1. The van der Waals surface area contributed by atoms with E-state index in [2.05, 4.69) is 20.4 Å². The highest BCUT2D eigenvalue weighted by atomic mass is 32.2. The zero-order valence-electron chi connectivity index (χ0n) is 13.6. The summed E-state index contributed by atoms with van der Waals surface area (Å²) >= 11 is 1.73. The number of nitrogens with zero attached hydrogens (tertiary/aromatic N) is 1. The normalized spacial score (nSPS) is 11.5. The number of rotatable bonds is 9. The maximum atomic E-state index is 12.5. The van der Waals surface area contributed by atoms with Crippen LogP contribution in [0.25, 0.3) is 0 Å². The van der Waals surface area contributed by atoms with Crippen molar-refractivity contribution in [2.75, 3.05) is 32.2 Å². The first kappa shape index (κ1) is 19.3. The van der Waals surface area contributed by atoms with Crippen LogP contribution < -0.4 is 20.1 Å². The average Bonchev–Trinajstić information content (AvgIpc) is 2.53. The van der Waals surface area contributed by atoms with Crippen LogP contribution in [-0.4, -0.2) is 44.8 Å². The second-order valence-corrected chi connectivity index (χ2v) is 5.45.